The van der Waals surface area contributed by atoms with Gasteiger partial charge in [0.25, 0.3) is 5.88 Å². The second kappa shape index (κ2) is 3.01. The van der Waals surface area contributed by atoms with E-state index in [4.69, 9.17) is 4.74 Å². The molecular formula is C9H11NO2. The Hall–Kier alpha value is -1.25. The summed E-state index contributed by atoms with van der Waals surface area (Å²) in [5.41, 5.74) is 0. The fourth-order valence-electron chi connectivity index (χ4n) is 0.975. The van der Waals surface area contributed by atoms with Gasteiger partial charge in [-0.3, -0.25) is 0 Å². The first-order chi connectivity index (χ1) is 5.86. The van der Waals surface area contributed by atoms with Gasteiger partial charge in [-0.05, 0) is 30.9 Å². The number of nitrogens with zero attached hydrogens (tertiary/aromatic N) is 1. The quantitative estimate of drug-likeness (QED) is 0.739. The molecule has 1 saturated carbocycles. The minimum atomic E-state index is 0.123. The van der Waals surface area contributed by atoms with E-state index in [1.807, 2.05) is 0 Å². The third-order valence-electron chi connectivity index (χ3n) is 1.90. The number of hydrogen-bond acceptors (Lipinski definition) is 3. The molecule has 3 nitrogen and oxygen atoms in total. The molecule has 1 N–H and O–H groups in total. The molecular weight excluding hydrogens is 154 g/mol. The molecule has 0 aromatic carbocycles. The molecule has 1 aromatic heterocycles. The maximum absolute atomic E-state index is 9.26. The van der Waals surface area contributed by atoms with Crippen molar-refractivity contribution in [2.45, 2.75) is 12.8 Å². The molecule has 3 heteroatoms. The van der Waals surface area contributed by atoms with Gasteiger partial charge >= 0.3 is 0 Å². The predicted octanol–water partition coefficient (Wildman–Crippen LogP) is 1.58. The van der Waals surface area contributed by atoms with Crippen LogP contribution >= 0.6 is 0 Å². The molecule has 1 aromatic rings. The van der Waals surface area contributed by atoms with Gasteiger partial charge in [-0.1, -0.05) is 0 Å². The summed E-state index contributed by atoms with van der Waals surface area (Å²) in [6.45, 7) is 0.685. The normalized spacial score (nSPS) is 16.0. The average Bonchev–Trinajstić information content (AvgIpc) is 2.86. The van der Waals surface area contributed by atoms with Crippen molar-refractivity contribution >= 4 is 0 Å². The molecule has 1 aliphatic carbocycles. The Kier molecular flexibility index (Phi) is 1.86. The standard InChI is InChI=1S/C9H11NO2/c11-8-2-1-5-10-9(8)12-6-7-3-4-7/h1-2,5,7,11H,3-4,6H2. The van der Waals surface area contributed by atoms with Gasteiger partial charge in [-0.2, -0.15) is 0 Å². The summed E-state index contributed by atoms with van der Waals surface area (Å²) in [7, 11) is 0. The first-order valence-electron chi connectivity index (χ1n) is 4.13. The van der Waals surface area contributed by atoms with E-state index in [0.717, 1.165) is 0 Å². The van der Waals surface area contributed by atoms with E-state index >= 15 is 0 Å². The van der Waals surface area contributed by atoms with E-state index in [1.165, 1.54) is 12.8 Å². The van der Waals surface area contributed by atoms with E-state index < -0.39 is 0 Å². The zero-order valence-corrected chi connectivity index (χ0v) is 6.73. The minimum Gasteiger partial charge on any atom is -0.503 e. The minimum absolute atomic E-state index is 0.123. The van der Waals surface area contributed by atoms with Gasteiger partial charge in [0, 0.05) is 6.20 Å². The molecule has 0 atom stereocenters. The third kappa shape index (κ3) is 1.67. The van der Waals surface area contributed by atoms with Gasteiger partial charge < -0.3 is 9.84 Å². The molecule has 0 spiro atoms. The Morgan fingerprint density at radius 1 is 1.58 bits per heavy atom. The molecule has 0 unspecified atom stereocenters. The van der Waals surface area contributed by atoms with Crippen molar-refractivity contribution < 1.29 is 9.84 Å². The van der Waals surface area contributed by atoms with Crippen molar-refractivity contribution in [3.63, 3.8) is 0 Å². The summed E-state index contributed by atoms with van der Waals surface area (Å²) in [6.07, 6.45) is 4.10. The molecule has 1 fully saturated rings. The molecule has 0 bridgehead atoms. The smallest absolute Gasteiger partial charge is 0.256 e. The summed E-state index contributed by atoms with van der Waals surface area (Å²) in [6, 6.07) is 3.26. The van der Waals surface area contributed by atoms with Crippen molar-refractivity contribution in [1.29, 1.82) is 0 Å². The Morgan fingerprint density at radius 3 is 3.08 bits per heavy atom. The van der Waals surface area contributed by atoms with Gasteiger partial charge in [0.05, 0.1) is 6.61 Å². The molecule has 2 rings (SSSR count). The van der Waals surface area contributed by atoms with Crippen molar-refractivity contribution in [2.75, 3.05) is 6.61 Å². The fraction of sp³-hybridized carbons (Fsp3) is 0.444. The van der Waals surface area contributed by atoms with E-state index in [2.05, 4.69) is 4.98 Å². The topological polar surface area (TPSA) is 42.4 Å². The molecule has 1 heterocycles. The van der Waals surface area contributed by atoms with Crippen LogP contribution in [0, 0.1) is 5.92 Å². The molecule has 1 aliphatic rings. The first-order valence-corrected chi connectivity index (χ1v) is 4.13. The van der Waals surface area contributed by atoms with Gasteiger partial charge in [0.2, 0.25) is 0 Å². The fourth-order valence-corrected chi connectivity index (χ4v) is 0.975. The molecule has 0 amide bonds. The maximum atomic E-state index is 9.26. The lowest BCUT2D eigenvalue weighted by Crippen LogP contribution is -2.00. The number of ether oxygens (including phenoxy) is 1. The second-order valence-corrected chi connectivity index (χ2v) is 3.08. The number of aromatic nitrogens is 1. The molecule has 0 aliphatic heterocycles. The van der Waals surface area contributed by atoms with E-state index in [-0.39, 0.29) is 5.75 Å². The van der Waals surface area contributed by atoms with Crippen molar-refractivity contribution in [3.8, 4) is 11.6 Å². The molecule has 0 saturated heterocycles. The summed E-state index contributed by atoms with van der Waals surface area (Å²) >= 11 is 0. The Bertz CT molecular complexity index is 271. The highest BCUT2D eigenvalue weighted by Crippen LogP contribution is 2.30. The number of rotatable bonds is 3. The number of aromatic hydroxyl groups is 1. The summed E-state index contributed by atoms with van der Waals surface area (Å²) < 4.78 is 5.30. The van der Waals surface area contributed by atoms with Crippen LogP contribution in [0.25, 0.3) is 0 Å². The van der Waals surface area contributed by atoms with Crippen LogP contribution in [0.4, 0.5) is 0 Å². The van der Waals surface area contributed by atoms with E-state index in [0.29, 0.717) is 18.4 Å². The first kappa shape index (κ1) is 7.40. The van der Waals surface area contributed by atoms with E-state index in [9.17, 15) is 5.11 Å². The van der Waals surface area contributed by atoms with Gasteiger partial charge in [0.15, 0.2) is 5.75 Å². The van der Waals surface area contributed by atoms with Crippen LogP contribution in [-0.2, 0) is 0 Å². The predicted molar refractivity (Wildman–Crippen MR) is 44.1 cm³/mol. The molecule has 12 heavy (non-hydrogen) atoms. The largest absolute Gasteiger partial charge is 0.503 e. The highest BCUT2D eigenvalue weighted by Gasteiger charge is 2.22. The summed E-state index contributed by atoms with van der Waals surface area (Å²) in [5.74, 6) is 1.16. The Labute approximate surface area is 71.0 Å². The Balaban J connectivity index is 1.96. The zero-order chi connectivity index (χ0) is 8.39. The van der Waals surface area contributed by atoms with Crippen LogP contribution in [0.1, 0.15) is 12.8 Å². The lowest BCUT2D eigenvalue weighted by Gasteiger charge is -2.04. The average molecular weight is 165 g/mol. The van der Waals surface area contributed by atoms with Crippen LogP contribution in [0.15, 0.2) is 18.3 Å². The summed E-state index contributed by atoms with van der Waals surface area (Å²) in [4.78, 5) is 3.91. The van der Waals surface area contributed by atoms with Crippen LogP contribution < -0.4 is 4.74 Å². The highest BCUT2D eigenvalue weighted by molar-refractivity contribution is 5.30. The summed E-state index contributed by atoms with van der Waals surface area (Å²) in [5, 5.41) is 9.26. The third-order valence-corrected chi connectivity index (χ3v) is 1.90. The van der Waals surface area contributed by atoms with Crippen LogP contribution in [0.3, 0.4) is 0 Å². The lowest BCUT2D eigenvalue weighted by atomic mass is 10.4. The van der Waals surface area contributed by atoms with Crippen LogP contribution in [-0.4, -0.2) is 16.7 Å². The lowest BCUT2D eigenvalue weighted by molar-refractivity contribution is 0.273. The van der Waals surface area contributed by atoms with Gasteiger partial charge in [0.1, 0.15) is 0 Å². The number of pyridine rings is 1. The van der Waals surface area contributed by atoms with Crippen molar-refractivity contribution in [3.05, 3.63) is 18.3 Å². The van der Waals surface area contributed by atoms with Crippen molar-refractivity contribution in [1.82, 2.24) is 4.98 Å². The highest BCUT2D eigenvalue weighted by atomic mass is 16.5. The number of hydrogen-bond donors (Lipinski definition) is 1. The van der Waals surface area contributed by atoms with Crippen molar-refractivity contribution in [2.24, 2.45) is 5.92 Å². The van der Waals surface area contributed by atoms with Crippen LogP contribution in [0.2, 0.25) is 0 Å². The monoisotopic (exact) mass is 165 g/mol. The van der Waals surface area contributed by atoms with E-state index in [1.54, 1.807) is 18.3 Å². The second-order valence-electron chi connectivity index (χ2n) is 3.08. The zero-order valence-electron chi connectivity index (χ0n) is 6.73. The van der Waals surface area contributed by atoms with Gasteiger partial charge in [-0.15, -0.1) is 0 Å². The maximum Gasteiger partial charge on any atom is 0.256 e. The SMILES string of the molecule is Oc1cccnc1OCC1CC1. The van der Waals surface area contributed by atoms with Crippen LogP contribution in [0.5, 0.6) is 11.6 Å². The Morgan fingerprint density at radius 2 is 2.42 bits per heavy atom. The van der Waals surface area contributed by atoms with Gasteiger partial charge in [-0.25, -0.2) is 4.98 Å². The molecule has 0 radical (unpaired) electrons. The molecule has 64 valence electrons.